The zero-order valence-electron chi connectivity index (χ0n) is 11.6. The van der Waals surface area contributed by atoms with Crippen molar-refractivity contribution in [2.45, 2.75) is 13.8 Å². The summed E-state index contributed by atoms with van der Waals surface area (Å²) in [6, 6.07) is 10.9. The van der Waals surface area contributed by atoms with Crippen LogP contribution < -0.4 is 4.90 Å². The predicted molar refractivity (Wildman–Crippen MR) is 82.1 cm³/mol. The Hall–Kier alpha value is -2.07. The maximum absolute atomic E-state index is 11.2. The van der Waals surface area contributed by atoms with Crippen molar-refractivity contribution in [1.29, 1.82) is 0 Å². The van der Waals surface area contributed by atoms with E-state index in [0.29, 0.717) is 5.69 Å². The van der Waals surface area contributed by atoms with Gasteiger partial charge in [0.2, 0.25) is 0 Å². The summed E-state index contributed by atoms with van der Waals surface area (Å²) in [5.41, 5.74) is 3.54. The number of hydrogen-bond acceptors (Lipinski definition) is 3. The van der Waals surface area contributed by atoms with Gasteiger partial charge in [-0.3, -0.25) is 10.1 Å². The Balaban J connectivity index is 2.56. The van der Waals surface area contributed by atoms with Crippen LogP contribution in [-0.4, -0.2) is 12.0 Å². The lowest BCUT2D eigenvalue weighted by Gasteiger charge is -2.22. The van der Waals surface area contributed by atoms with Gasteiger partial charge in [-0.05, 0) is 37.6 Å². The van der Waals surface area contributed by atoms with Crippen LogP contribution in [0, 0.1) is 24.0 Å². The second-order valence-electron chi connectivity index (χ2n) is 4.71. The van der Waals surface area contributed by atoms with E-state index in [0.717, 1.165) is 16.8 Å². The molecule has 0 spiro atoms. The first-order chi connectivity index (χ1) is 9.41. The Morgan fingerprint density at radius 2 is 1.85 bits per heavy atom. The van der Waals surface area contributed by atoms with Gasteiger partial charge in [-0.1, -0.05) is 35.4 Å². The fourth-order valence-corrected chi connectivity index (χ4v) is 2.51. The largest absolute Gasteiger partial charge is 0.339 e. The molecule has 0 fully saturated rings. The number of nitro benzene ring substituents is 1. The first-order valence-corrected chi connectivity index (χ1v) is 6.53. The summed E-state index contributed by atoms with van der Waals surface area (Å²) in [6.07, 6.45) is 0. The molecular formula is C15H15ClN2O2. The quantitative estimate of drug-likeness (QED) is 0.611. The molecule has 0 aliphatic heterocycles. The van der Waals surface area contributed by atoms with E-state index in [1.807, 2.05) is 32.0 Å². The lowest BCUT2D eigenvalue weighted by Crippen LogP contribution is -2.13. The van der Waals surface area contributed by atoms with Crippen LogP contribution >= 0.6 is 11.6 Å². The molecule has 0 heterocycles. The number of anilines is 2. The summed E-state index contributed by atoms with van der Waals surface area (Å²) in [5, 5.41) is 11.4. The van der Waals surface area contributed by atoms with E-state index >= 15 is 0 Å². The first-order valence-electron chi connectivity index (χ1n) is 6.15. The fourth-order valence-electron chi connectivity index (χ4n) is 2.27. The number of nitrogens with zero attached hydrogens (tertiary/aromatic N) is 2. The standard InChI is InChI=1S/C15H15ClN2O2/c1-10-7-8-13(11(2)9-10)17(3)14-6-4-5-12(16)15(14)18(19)20/h4-9H,1-3H3. The molecule has 0 radical (unpaired) electrons. The highest BCUT2D eigenvalue weighted by atomic mass is 35.5. The Bertz CT molecular complexity index is 671. The summed E-state index contributed by atoms with van der Waals surface area (Å²) < 4.78 is 0. The van der Waals surface area contributed by atoms with E-state index in [2.05, 4.69) is 0 Å². The summed E-state index contributed by atoms with van der Waals surface area (Å²) in [5.74, 6) is 0. The monoisotopic (exact) mass is 290 g/mol. The Kier molecular flexibility index (Phi) is 3.95. The summed E-state index contributed by atoms with van der Waals surface area (Å²) in [6.45, 7) is 3.99. The number of rotatable bonds is 3. The lowest BCUT2D eigenvalue weighted by atomic mass is 10.1. The van der Waals surface area contributed by atoms with Crippen LogP contribution in [0.4, 0.5) is 17.1 Å². The van der Waals surface area contributed by atoms with Crippen LogP contribution in [0.3, 0.4) is 0 Å². The number of benzene rings is 2. The van der Waals surface area contributed by atoms with E-state index in [-0.39, 0.29) is 10.7 Å². The molecule has 0 bridgehead atoms. The minimum atomic E-state index is -0.447. The van der Waals surface area contributed by atoms with Crippen LogP contribution in [0.25, 0.3) is 0 Å². The van der Waals surface area contributed by atoms with Crippen LogP contribution in [0.2, 0.25) is 5.02 Å². The van der Waals surface area contributed by atoms with Crippen molar-refractivity contribution in [2.24, 2.45) is 0 Å². The number of hydrogen-bond donors (Lipinski definition) is 0. The lowest BCUT2D eigenvalue weighted by molar-refractivity contribution is -0.383. The second kappa shape index (κ2) is 5.51. The molecule has 2 aromatic rings. The van der Waals surface area contributed by atoms with E-state index < -0.39 is 4.92 Å². The van der Waals surface area contributed by atoms with Crippen molar-refractivity contribution in [3.05, 3.63) is 62.7 Å². The molecule has 0 aliphatic rings. The molecule has 104 valence electrons. The molecule has 0 saturated heterocycles. The number of para-hydroxylation sites is 1. The molecule has 2 aromatic carbocycles. The van der Waals surface area contributed by atoms with Gasteiger partial charge in [0.25, 0.3) is 0 Å². The third-order valence-corrected chi connectivity index (χ3v) is 3.53. The normalized spacial score (nSPS) is 10.4. The first kappa shape index (κ1) is 14.3. The summed E-state index contributed by atoms with van der Waals surface area (Å²) in [4.78, 5) is 12.6. The van der Waals surface area contributed by atoms with E-state index in [9.17, 15) is 10.1 Å². The summed E-state index contributed by atoms with van der Waals surface area (Å²) in [7, 11) is 1.80. The van der Waals surface area contributed by atoms with Gasteiger partial charge in [-0.15, -0.1) is 0 Å². The highest BCUT2D eigenvalue weighted by Crippen LogP contribution is 2.38. The minimum absolute atomic E-state index is 0.0726. The highest BCUT2D eigenvalue weighted by molar-refractivity contribution is 6.33. The Morgan fingerprint density at radius 3 is 2.45 bits per heavy atom. The fraction of sp³-hybridized carbons (Fsp3) is 0.200. The van der Waals surface area contributed by atoms with Crippen LogP contribution in [-0.2, 0) is 0 Å². The molecule has 0 atom stereocenters. The molecule has 0 N–H and O–H groups in total. The number of aryl methyl sites for hydroxylation is 2. The van der Waals surface area contributed by atoms with Crippen molar-refractivity contribution in [3.8, 4) is 0 Å². The third-order valence-electron chi connectivity index (χ3n) is 3.22. The number of halogens is 1. The maximum atomic E-state index is 11.2. The van der Waals surface area contributed by atoms with Crippen molar-refractivity contribution < 1.29 is 4.92 Å². The van der Waals surface area contributed by atoms with Crippen molar-refractivity contribution in [1.82, 2.24) is 0 Å². The van der Waals surface area contributed by atoms with Crippen molar-refractivity contribution in [2.75, 3.05) is 11.9 Å². The van der Waals surface area contributed by atoms with Crippen molar-refractivity contribution in [3.63, 3.8) is 0 Å². The maximum Gasteiger partial charge on any atom is 0.311 e. The van der Waals surface area contributed by atoms with E-state index in [4.69, 9.17) is 11.6 Å². The van der Waals surface area contributed by atoms with Gasteiger partial charge in [0.15, 0.2) is 0 Å². The Labute approximate surface area is 122 Å². The third kappa shape index (κ3) is 2.60. The molecule has 0 saturated carbocycles. The second-order valence-corrected chi connectivity index (χ2v) is 5.12. The Morgan fingerprint density at radius 1 is 1.15 bits per heavy atom. The van der Waals surface area contributed by atoms with Gasteiger partial charge in [0.05, 0.1) is 4.92 Å². The average molecular weight is 291 g/mol. The van der Waals surface area contributed by atoms with Gasteiger partial charge in [0, 0.05) is 12.7 Å². The average Bonchev–Trinajstić information content (AvgIpc) is 2.37. The van der Waals surface area contributed by atoms with Gasteiger partial charge in [0.1, 0.15) is 10.7 Å². The molecule has 2 rings (SSSR count). The predicted octanol–water partition coefficient (Wildman–Crippen LogP) is 4.63. The van der Waals surface area contributed by atoms with Crippen LogP contribution in [0.5, 0.6) is 0 Å². The molecule has 0 unspecified atom stereocenters. The van der Waals surface area contributed by atoms with Crippen molar-refractivity contribution >= 4 is 28.7 Å². The molecule has 0 aromatic heterocycles. The van der Waals surface area contributed by atoms with Gasteiger partial charge >= 0.3 is 5.69 Å². The summed E-state index contributed by atoms with van der Waals surface area (Å²) >= 11 is 5.95. The molecular weight excluding hydrogens is 276 g/mol. The van der Waals surface area contributed by atoms with E-state index in [1.54, 1.807) is 24.1 Å². The molecule has 5 heteroatoms. The van der Waals surface area contributed by atoms with Gasteiger partial charge in [-0.2, -0.15) is 0 Å². The molecule has 20 heavy (non-hydrogen) atoms. The smallest absolute Gasteiger partial charge is 0.311 e. The van der Waals surface area contributed by atoms with Crippen LogP contribution in [0.1, 0.15) is 11.1 Å². The van der Waals surface area contributed by atoms with Crippen LogP contribution in [0.15, 0.2) is 36.4 Å². The number of nitro groups is 1. The molecule has 4 nitrogen and oxygen atoms in total. The topological polar surface area (TPSA) is 46.4 Å². The zero-order valence-corrected chi connectivity index (χ0v) is 12.3. The molecule has 0 aliphatic carbocycles. The molecule has 0 amide bonds. The zero-order chi connectivity index (χ0) is 14.9. The SMILES string of the molecule is Cc1ccc(N(C)c2cccc(Cl)c2[N+](=O)[O-])c(C)c1. The van der Waals surface area contributed by atoms with Gasteiger partial charge in [-0.25, -0.2) is 0 Å². The van der Waals surface area contributed by atoms with E-state index in [1.165, 1.54) is 6.07 Å². The highest BCUT2D eigenvalue weighted by Gasteiger charge is 2.22. The minimum Gasteiger partial charge on any atom is -0.339 e. The van der Waals surface area contributed by atoms with Gasteiger partial charge < -0.3 is 4.90 Å².